The van der Waals surface area contributed by atoms with Gasteiger partial charge in [0.15, 0.2) is 0 Å². The summed E-state index contributed by atoms with van der Waals surface area (Å²) in [5, 5.41) is 12.1. The molecular formula is C14H21F3N2O3. The number of hydrogen-bond acceptors (Lipinski definition) is 3. The van der Waals surface area contributed by atoms with Crippen LogP contribution in [0.15, 0.2) is 0 Å². The summed E-state index contributed by atoms with van der Waals surface area (Å²) in [5.74, 6) is -0.0294. The first-order valence-corrected chi connectivity index (χ1v) is 7.41. The lowest BCUT2D eigenvalue weighted by atomic mass is 9.71. The molecule has 0 bridgehead atoms. The molecule has 2 fully saturated rings. The molecule has 0 radical (unpaired) electrons. The van der Waals surface area contributed by atoms with E-state index >= 15 is 0 Å². The van der Waals surface area contributed by atoms with Gasteiger partial charge < -0.3 is 10.4 Å². The molecule has 0 unspecified atom stereocenters. The molecule has 1 saturated heterocycles. The molecule has 1 aliphatic carbocycles. The Hall–Kier alpha value is -1.31. The molecule has 0 aromatic carbocycles. The minimum atomic E-state index is -4.54. The maximum atomic E-state index is 12.5. The van der Waals surface area contributed by atoms with Crippen LogP contribution in [0.4, 0.5) is 18.0 Å². The van der Waals surface area contributed by atoms with Gasteiger partial charge in [0, 0.05) is 0 Å². The average Bonchev–Trinajstić information content (AvgIpc) is 2.49. The van der Waals surface area contributed by atoms with Crippen molar-refractivity contribution in [2.75, 3.05) is 6.54 Å². The zero-order chi connectivity index (χ0) is 16.7. The second-order valence-corrected chi connectivity index (χ2v) is 6.76. The second kappa shape index (κ2) is 5.72. The van der Waals surface area contributed by atoms with E-state index in [0.717, 1.165) is 11.3 Å². The van der Waals surface area contributed by atoms with Crippen molar-refractivity contribution in [1.82, 2.24) is 10.2 Å². The summed E-state index contributed by atoms with van der Waals surface area (Å²) < 4.78 is 36.8. The summed E-state index contributed by atoms with van der Waals surface area (Å²) in [6.45, 7) is 3.34. The van der Waals surface area contributed by atoms with Crippen LogP contribution in [0.3, 0.4) is 0 Å². The van der Waals surface area contributed by atoms with E-state index in [0.29, 0.717) is 12.8 Å². The van der Waals surface area contributed by atoms with Gasteiger partial charge in [-0.2, -0.15) is 13.2 Å². The molecule has 0 aromatic heterocycles. The van der Waals surface area contributed by atoms with E-state index in [1.165, 1.54) is 0 Å². The van der Waals surface area contributed by atoms with Gasteiger partial charge in [0.2, 0.25) is 0 Å². The van der Waals surface area contributed by atoms with Crippen LogP contribution in [-0.4, -0.2) is 46.3 Å². The van der Waals surface area contributed by atoms with Crippen molar-refractivity contribution in [2.24, 2.45) is 11.8 Å². The van der Waals surface area contributed by atoms with Gasteiger partial charge in [-0.1, -0.05) is 13.8 Å². The smallest absolute Gasteiger partial charge is 0.391 e. The molecule has 5 nitrogen and oxygen atoms in total. The number of aliphatic hydroxyl groups excluding tert-OH is 1. The quantitative estimate of drug-likeness (QED) is 0.781. The van der Waals surface area contributed by atoms with E-state index in [1.807, 2.05) is 13.8 Å². The van der Waals surface area contributed by atoms with E-state index in [-0.39, 0.29) is 11.8 Å². The van der Waals surface area contributed by atoms with Crippen LogP contribution in [0.5, 0.6) is 0 Å². The Morgan fingerprint density at radius 1 is 1.32 bits per heavy atom. The van der Waals surface area contributed by atoms with Crippen LogP contribution >= 0.6 is 0 Å². The average molecular weight is 322 g/mol. The van der Waals surface area contributed by atoms with Gasteiger partial charge in [0.25, 0.3) is 5.91 Å². The van der Waals surface area contributed by atoms with E-state index in [1.54, 1.807) is 0 Å². The number of alkyl halides is 3. The number of nitrogens with zero attached hydrogens (tertiary/aromatic N) is 1. The summed E-state index contributed by atoms with van der Waals surface area (Å²) in [5.41, 5.74) is -1.02. The molecule has 2 aliphatic rings. The van der Waals surface area contributed by atoms with Crippen molar-refractivity contribution in [2.45, 2.75) is 57.3 Å². The molecule has 1 heterocycles. The fourth-order valence-corrected chi connectivity index (χ4v) is 3.79. The lowest BCUT2D eigenvalue weighted by Crippen LogP contribution is -2.52. The number of hydrogen-bond donors (Lipinski definition) is 2. The number of rotatable bonds is 3. The van der Waals surface area contributed by atoms with Gasteiger partial charge in [0.05, 0.1) is 19.1 Å². The van der Waals surface area contributed by atoms with E-state index in [9.17, 15) is 27.9 Å². The highest BCUT2D eigenvalue weighted by Crippen LogP contribution is 2.39. The van der Waals surface area contributed by atoms with Crippen LogP contribution in [0.2, 0.25) is 0 Å². The Bertz CT molecular complexity index is 457. The predicted molar refractivity (Wildman–Crippen MR) is 71.8 cm³/mol. The number of β-amino-alcohol motifs (C(OH)–C–C–N with tert-alkyl or cyclic N) is 1. The van der Waals surface area contributed by atoms with Crippen LogP contribution in [-0.2, 0) is 4.79 Å². The number of imide groups is 1. The van der Waals surface area contributed by atoms with Crippen LogP contribution in [0, 0.1) is 11.8 Å². The van der Waals surface area contributed by atoms with Gasteiger partial charge >= 0.3 is 12.2 Å². The predicted octanol–water partition coefficient (Wildman–Crippen LogP) is 2.05. The van der Waals surface area contributed by atoms with Gasteiger partial charge in [0.1, 0.15) is 5.54 Å². The number of aliphatic hydroxyl groups is 1. The fraction of sp³-hybridized carbons (Fsp3) is 0.857. The normalized spacial score (nSPS) is 34.2. The van der Waals surface area contributed by atoms with Gasteiger partial charge in [-0.05, 0) is 31.1 Å². The summed E-state index contributed by atoms with van der Waals surface area (Å²) in [7, 11) is 0. The third-order valence-corrected chi connectivity index (χ3v) is 4.30. The molecule has 0 aromatic rings. The SMILES string of the molecule is C[C@@H]1C[C@@H](C)CC2(C1)NC(=O)N(C[C@H](O)CC(F)(F)F)C2=O. The molecule has 2 rings (SSSR count). The van der Waals surface area contributed by atoms with Crippen molar-refractivity contribution in [1.29, 1.82) is 0 Å². The number of halogens is 3. The zero-order valence-electron chi connectivity index (χ0n) is 12.6. The van der Waals surface area contributed by atoms with E-state index < -0.39 is 42.7 Å². The highest BCUT2D eigenvalue weighted by Gasteiger charge is 2.54. The van der Waals surface area contributed by atoms with Gasteiger partial charge in [-0.25, -0.2) is 4.79 Å². The Labute approximate surface area is 126 Å². The molecule has 8 heteroatoms. The minimum Gasteiger partial charge on any atom is -0.391 e. The lowest BCUT2D eigenvalue weighted by Gasteiger charge is -2.38. The van der Waals surface area contributed by atoms with Gasteiger partial charge in [-0.3, -0.25) is 9.69 Å². The highest BCUT2D eigenvalue weighted by molar-refractivity contribution is 6.07. The first kappa shape index (κ1) is 17.1. The Morgan fingerprint density at radius 2 is 1.86 bits per heavy atom. The van der Waals surface area contributed by atoms with Gasteiger partial charge in [-0.15, -0.1) is 0 Å². The minimum absolute atomic E-state index is 0.244. The number of amides is 3. The molecule has 2 N–H and O–H groups in total. The Morgan fingerprint density at radius 3 is 2.36 bits per heavy atom. The molecule has 3 amide bonds. The lowest BCUT2D eigenvalue weighted by molar-refractivity contribution is -0.157. The zero-order valence-corrected chi connectivity index (χ0v) is 12.6. The van der Waals surface area contributed by atoms with E-state index in [2.05, 4.69) is 5.32 Å². The monoisotopic (exact) mass is 322 g/mol. The Balaban J connectivity index is 2.09. The molecule has 22 heavy (non-hydrogen) atoms. The molecule has 1 spiro atoms. The fourth-order valence-electron chi connectivity index (χ4n) is 3.79. The van der Waals surface area contributed by atoms with Crippen LogP contribution in [0.1, 0.15) is 39.5 Å². The number of carbonyl (C=O) groups excluding carboxylic acids is 2. The molecule has 1 saturated carbocycles. The number of urea groups is 1. The molecule has 3 atom stereocenters. The standard InChI is InChI=1S/C14H21F3N2O3/c1-8-3-9(2)5-13(4-8)11(21)19(12(22)18-13)7-10(20)6-14(15,16)17/h8-10,20H,3-7H2,1-2H3,(H,18,22)/t8-,9-,10-/m1/s1. The van der Waals surface area contributed by atoms with E-state index in [4.69, 9.17) is 0 Å². The highest BCUT2D eigenvalue weighted by atomic mass is 19.4. The summed E-state index contributed by atoms with van der Waals surface area (Å²) in [6, 6.07) is -0.715. The van der Waals surface area contributed by atoms with Crippen molar-refractivity contribution in [3.8, 4) is 0 Å². The molecular weight excluding hydrogens is 301 g/mol. The first-order valence-electron chi connectivity index (χ1n) is 7.41. The van der Waals surface area contributed by atoms with Crippen molar-refractivity contribution >= 4 is 11.9 Å². The maximum absolute atomic E-state index is 12.5. The first-order chi connectivity index (χ1) is 10.0. The summed E-state index contributed by atoms with van der Waals surface area (Å²) in [4.78, 5) is 25.2. The molecule has 1 aliphatic heterocycles. The largest absolute Gasteiger partial charge is 0.391 e. The number of nitrogens with one attached hydrogen (secondary N) is 1. The van der Waals surface area contributed by atoms with Crippen molar-refractivity contribution in [3.63, 3.8) is 0 Å². The molecule has 126 valence electrons. The number of carbonyl (C=O) groups is 2. The van der Waals surface area contributed by atoms with Crippen LogP contribution < -0.4 is 5.32 Å². The summed E-state index contributed by atoms with van der Waals surface area (Å²) >= 11 is 0. The third kappa shape index (κ3) is 3.53. The van der Waals surface area contributed by atoms with Crippen molar-refractivity contribution in [3.05, 3.63) is 0 Å². The summed E-state index contributed by atoms with van der Waals surface area (Å²) in [6.07, 6.45) is -5.87. The maximum Gasteiger partial charge on any atom is 0.391 e. The second-order valence-electron chi connectivity index (χ2n) is 6.76. The van der Waals surface area contributed by atoms with Crippen molar-refractivity contribution < 1.29 is 27.9 Å². The third-order valence-electron chi connectivity index (χ3n) is 4.30. The Kier molecular flexibility index (Phi) is 4.43. The topological polar surface area (TPSA) is 69.6 Å². The van der Waals surface area contributed by atoms with Crippen LogP contribution in [0.25, 0.3) is 0 Å².